The molecule has 3 heterocycles. The van der Waals surface area contributed by atoms with Crippen LogP contribution in [0.5, 0.6) is 5.88 Å². The quantitative estimate of drug-likeness (QED) is 0.611. The molecule has 0 aliphatic heterocycles. The zero-order chi connectivity index (χ0) is 18.8. The number of ether oxygens (including phenoxy) is 1. The molecule has 142 valence electrons. The van der Waals surface area contributed by atoms with Crippen molar-refractivity contribution in [1.82, 2.24) is 29.4 Å². The number of nitrogens with one attached hydrogen (secondary N) is 1. The molecule has 8 heteroatoms. The Morgan fingerprint density at radius 3 is 2.81 bits per heavy atom. The van der Waals surface area contributed by atoms with Crippen molar-refractivity contribution in [3.8, 4) is 17.1 Å². The standard InChI is InChI=1S/C19H24N6O2/c1-24(2)8-3-9-27-16-7-6-14(10-20-16)15-11-21-18-17(22-15)23-19(26)25(18)12-13-4-5-13/h6-7,10-11,13H,3-5,8-9,12H2,1-2H3,(H,22,23,26). The van der Waals surface area contributed by atoms with Gasteiger partial charge in [0.1, 0.15) is 0 Å². The van der Waals surface area contributed by atoms with E-state index in [0.29, 0.717) is 41.9 Å². The van der Waals surface area contributed by atoms with E-state index in [-0.39, 0.29) is 5.69 Å². The van der Waals surface area contributed by atoms with E-state index in [1.165, 1.54) is 12.8 Å². The lowest BCUT2D eigenvalue weighted by Gasteiger charge is -2.10. The lowest BCUT2D eigenvalue weighted by Crippen LogP contribution is -2.17. The first-order valence-electron chi connectivity index (χ1n) is 9.29. The third kappa shape index (κ3) is 4.16. The second kappa shape index (κ2) is 7.48. The summed E-state index contributed by atoms with van der Waals surface area (Å²) in [5.74, 6) is 1.19. The van der Waals surface area contributed by atoms with Gasteiger partial charge in [-0.1, -0.05) is 0 Å². The van der Waals surface area contributed by atoms with Crippen LogP contribution in [0.25, 0.3) is 22.6 Å². The maximum absolute atomic E-state index is 12.2. The normalized spacial score (nSPS) is 14.2. The molecule has 0 unspecified atom stereocenters. The average Bonchev–Trinajstić information content (AvgIpc) is 3.42. The molecule has 0 atom stereocenters. The van der Waals surface area contributed by atoms with Gasteiger partial charge in [-0.05, 0) is 45.3 Å². The third-order valence-electron chi connectivity index (χ3n) is 4.65. The van der Waals surface area contributed by atoms with Gasteiger partial charge < -0.3 is 9.64 Å². The maximum atomic E-state index is 12.2. The molecule has 27 heavy (non-hydrogen) atoms. The maximum Gasteiger partial charge on any atom is 0.328 e. The molecule has 0 amide bonds. The highest BCUT2D eigenvalue weighted by Gasteiger charge is 2.24. The van der Waals surface area contributed by atoms with Crippen LogP contribution in [-0.4, -0.2) is 56.6 Å². The van der Waals surface area contributed by atoms with Crippen LogP contribution in [0.15, 0.2) is 29.3 Å². The van der Waals surface area contributed by atoms with Crippen molar-refractivity contribution in [2.75, 3.05) is 27.2 Å². The van der Waals surface area contributed by atoms with Crippen LogP contribution in [0.4, 0.5) is 0 Å². The van der Waals surface area contributed by atoms with Gasteiger partial charge >= 0.3 is 5.69 Å². The number of nitrogens with zero attached hydrogens (tertiary/aromatic N) is 5. The van der Waals surface area contributed by atoms with Crippen LogP contribution >= 0.6 is 0 Å². The third-order valence-corrected chi connectivity index (χ3v) is 4.65. The van der Waals surface area contributed by atoms with E-state index in [4.69, 9.17) is 4.74 Å². The molecule has 0 bridgehead atoms. The Labute approximate surface area is 157 Å². The van der Waals surface area contributed by atoms with E-state index < -0.39 is 0 Å². The van der Waals surface area contributed by atoms with E-state index in [1.54, 1.807) is 17.0 Å². The van der Waals surface area contributed by atoms with Gasteiger partial charge in [-0.15, -0.1) is 0 Å². The van der Waals surface area contributed by atoms with Crippen LogP contribution in [0.1, 0.15) is 19.3 Å². The highest BCUT2D eigenvalue weighted by atomic mass is 16.5. The molecule has 0 radical (unpaired) electrons. The predicted molar refractivity (Wildman–Crippen MR) is 103 cm³/mol. The first-order chi connectivity index (χ1) is 13.1. The Balaban J connectivity index is 1.48. The number of fused-ring (bicyclic) bond motifs is 1. The number of H-pyrrole nitrogens is 1. The van der Waals surface area contributed by atoms with Crippen molar-refractivity contribution in [2.24, 2.45) is 5.92 Å². The molecular formula is C19H24N6O2. The second-order valence-electron chi connectivity index (χ2n) is 7.30. The SMILES string of the molecule is CN(C)CCCOc1ccc(-c2cnc3c(n2)[nH]c(=O)n3CC2CC2)cn1. The summed E-state index contributed by atoms with van der Waals surface area (Å²) >= 11 is 0. The molecule has 1 aliphatic carbocycles. The lowest BCUT2D eigenvalue weighted by atomic mass is 10.2. The zero-order valence-corrected chi connectivity index (χ0v) is 15.7. The number of aromatic amines is 1. The van der Waals surface area contributed by atoms with E-state index in [0.717, 1.165) is 18.5 Å². The van der Waals surface area contributed by atoms with Crippen LogP contribution in [0.3, 0.4) is 0 Å². The van der Waals surface area contributed by atoms with Gasteiger partial charge in [0.2, 0.25) is 5.88 Å². The number of imidazole rings is 1. The number of hydrogen-bond donors (Lipinski definition) is 1. The van der Waals surface area contributed by atoms with Gasteiger partial charge in [-0.25, -0.2) is 19.7 Å². The first kappa shape index (κ1) is 17.7. The Bertz CT molecular complexity index is 972. The molecule has 8 nitrogen and oxygen atoms in total. The van der Waals surface area contributed by atoms with Crippen LogP contribution < -0.4 is 10.4 Å². The Morgan fingerprint density at radius 1 is 1.26 bits per heavy atom. The summed E-state index contributed by atoms with van der Waals surface area (Å²) in [6.45, 7) is 2.33. The largest absolute Gasteiger partial charge is 0.478 e. The predicted octanol–water partition coefficient (Wildman–Crippen LogP) is 1.92. The monoisotopic (exact) mass is 368 g/mol. The minimum absolute atomic E-state index is 0.145. The number of aromatic nitrogens is 5. The summed E-state index contributed by atoms with van der Waals surface area (Å²) in [5.41, 5.74) is 2.50. The van der Waals surface area contributed by atoms with Crippen LogP contribution in [0, 0.1) is 5.92 Å². The van der Waals surface area contributed by atoms with E-state index in [1.807, 2.05) is 26.2 Å². The molecule has 0 spiro atoms. The lowest BCUT2D eigenvalue weighted by molar-refractivity contribution is 0.273. The molecule has 1 saturated carbocycles. The van der Waals surface area contributed by atoms with Gasteiger partial charge in [0.15, 0.2) is 11.3 Å². The van der Waals surface area contributed by atoms with Crippen molar-refractivity contribution >= 4 is 11.3 Å². The van der Waals surface area contributed by atoms with Crippen molar-refractivity contribution < 1.29 is 4.74 Å². The van der Waals surface area contributed by atoms with Gasteiger partial charge in [-0.3, -0.25) is 9.55 Å². The average molecular weight is 368 g/mol. The van der Waals surface area contributed by atoms with E-state index >= 15 is 0 Å². The van der Waals surface area contributed by atoms with Crippen LogP contribution in [0.2, 0.25) is 0 Å². The molecule has 1 fully saturated rings. The van der Waals surface area contributed by atoms with Crippen molar-refractivity contribution in [3.05, 3.63) is 35.0 Å². The van der Waals surface area contributed by atoms with Crippen molar-refractivity contribution in [3.63, 3.8) is 0 Å². The van der Waals surface area contributed by atoms with Crippen molar-refractivity contribution in [1.29, 1.82) is 0 Å². The molecule has 4 rings (SSSR count). The van der Waals surface area contributed by atoms with Crippen molar-refractivity contribution in [2.45, 2.75) is 25.8 Å². The Hall–Kier alpha value is -2.74. The fraction of sp³-hybridized carbons (Fsp3) is 0.474. The Kier molecular flexibility index (Phi) is 4.89. The molecule has 0 aromatic carbocycles. The molecule has 1 N–H and O–H groups in total. The molecule has 0 saturated heterocycles. The Morgan fingerprint density at radius 2 is 2.11 bits per heavy atom. The second-order valence-corrected chi connectivity index (χ2v) is 7.30. The molecular weight excluding hydrogens is 344 g/mol. The number of rotatable bonds is 8. The van der Waals surface area contributed by atoms with Gasteiger partial charge in [0.25, 0.3) is 0 Å². The summed E-state index contributed by atoms with van der Waals surface area (Å²) in [7, 11) is 4.08. The minimum Gasteiger partial charge on any atom is -0.478 e. The fourth-order valence-corrected chi connectivity index (χ4v) is 2.97. The van der Waals surface area contributed by atoms with Crippen LogP contribution in [-0.2, 0) is 6.54 Å². The number of pyridine rings is 1. The summed E-state index contributed by atoms with van der Waals surface area (Å²) in [5, 5.41) is 0. The smallest absolute Gasteiger partial charge is 0.328 e. The highest BCUT2D eigenvalue weighted by molar-refractivity contribution is 5.70. The summed E-state index contributed by atoms with van der Waals surface area (Å²) < 4.78 is 7.34. The van der Waals surface area contributed by atoms with E-state index in [9.17, 15) is 4.79 Å². The molecule has 3 aromatic heterocycles. The zero-order valence-electron chi connectivity index (χ0n) is 15.7. The highest BCUT2D eigenvalue weighted by Crippen LogP contribution is 2.30. The summed E-state index contributed by atoms with van der Waals surface area (Å²) in [6, 6.07) is 3.74. The first-order valence-corrected chi connectivity index (χ1v) is 9.29. The topological polar surface area (TPSA) is 88.9 Å². The summed E-state index contributed by atoms with van der Waals surface area (Å²) in [4.78, 5) is 30.4. The van der Waals surface area contributed by atoms with Gasteiger partial charge in [0, 0.05) is 30.9 Å². The fourth-order valence-electron chi connectivity index (χ4n) is 2.97. The summed E-state index contributed by atoms with van der Waals surface area (Å²) in [6.07, 6.45) is 6.72. The van der Waals surface area contributed by atoms with E-state index in [2.05, 4.69) is 24.8 Å². The molecule has 1 aliphatic rings. The van der Waals surface area contributed by atoms with Gasteiger partial charge in [-0.2, -0.15) is 0 Å². The minimum atomic E-state index is -0.145. The number of hydrogen-bond acceptors (Lipinski definition) is 6. The van der Waals surface area contributed by atoms with Gasteiger partial charge in [0.05, 0.1) is 18.5 Å². The molecule has 3 aromatic rings.